The monoisotopic (exact) mass is 521 g/mol. The number of hydrogen-bond donors (Lipinski definition) is 0. The van der Waals surface area contributed by atoms with Crippen molar-refractivity contribution in [2.24, 2.45) is 0 Å². The number of rotatable bonds is 7. The molecule has 0 fully saturated rings. The Morgan fingerprint density at radius 3 is 2.34 bits per heavy atom. The van der Waals surface area contributed by atoms with Crippen molar-refractivity contribution in [2.75, 3.05) is 23.3 Å². The van der Waals surface area contributed by atoms with Gasteiger partial charge in [-0.05, 0) is 47.7 Å². The van der Waals surface area contributed by atoms with Gasteiger partial charge >= 0.3 is 6.36 Å². The first-order valence-electron chi connectivity index (χ1n) is 10.4. The van der Waals surface area contributed by atoms with Crippen LogP contribution in [-0.4, -0.2) is 33.9 Å². The Morgan fingerprint density at radius 1 is 1.03 bits per heavy atom. The SMILES string of the molecule is Cc1c(N(Cc2ccc(OC(F)(F)F)cc2)S(=O)(=O)c2cnccc2N(C)C)sc2ccccc12. The number of pyridine rings is 1. The van der Waals surface area contributed by atoms with Gasteiger partial charge in [-0.25, -0.2) is 8.42 Å². The summed E-state index contributed by atoms with van der Waals surface area (Å²) in [5, 5.41) is 1.45. The highest BCUT2D eigenvalue weighted by Crippen LogP contribution is 2.41. The van der Waals surface area contributed by atoms with Crippen LogP contribution < -0.4 is 13.9 Å². The third-order valence-electron chi connectivity index (χ3n) is 5.34. The van der Waals surface area contributed by atoms with E-state index in [2.05, 4.69) is 9.72 Å². The van der Waals surface area contributed by atoms with Crippen LogP contribution in [0.1, 0.15) is 11.1 Å². The van der Waals surface area contributed by atoms with E-state index in [0.717, 1.165) is 15.6 Å². The molecule has 2 aromatic heterocycles. The third-order valence-corrected chi connectivity index (χ3v) is 8.51. The van der Waals surface area contributed by atoms with Crippen LogP contribution in [0.4, 0.5) is 23.9 Å². The van der Waals surface area contributed by atoms with Crippen molar-refractivity contribution in [3.8, 4) is 5.75 Å². The molecule has 4 rings (SSSR count). The molecule has 0 saturated heterocycles. The molecular weight excluding hydrogens is 499 g/mol. The number of alkyl halides is 3. The van der Waals surface area contributed by atoms with Gasteiger partial charge in [0.25, 0.3) is 10.0 Å². The lowest BCUT2D eigenvalue weighted by Gasteiger charge is -2.26. The van der Waals surface area contributed by atoms with Gasteiger partial charge in [-0.3, -0.25) is 9.29 Å². The first kappa shape index (κ1) is 24.8. The number of fused-ring (bicyclic) bond motifs is 1. The molecule has 0 amide bonds. The average Bonchev–Trinajstić information content (AvgIpc) is 3.13. The molecule has 2 heterocycles. The summed E-state index contributed by atoms with van der Waals surface area (Å²) in [6, 6.07) is 14.4. The number of hydrogen-bond acceptors (Lipinski definition) is 6. The third kappa shape index (κ3) is 5.20. The highest BCUT2D eigenvalue weighted by Gasteiger charge is 2.32. The summed E-state index contributed by atoms with van der Waals surface area (Å²) in [4.78, 5) is 5.75. The van der Waals surface area contributed by atoms with Crippen molar-refractivity contribution in [1.82, 2.24) is 4.98 Å². The van der Waals surface area contributed by atoms with Crippen LogP contribution in [0.5, 0.6) is 5.75 Å². The molecule has 2 aromatic carbocycles. The van der Waals surface area contributed by atoms with E-state index < -0.39 is 16.4 Å². The number of benzene rings is 2. The van der Waals surface area contributed by atoms with Gasteiger partial charge in [0.1, 0.15) is 15.6 Å². The second kappa shape index (κ2) is 9.38. The maximum Gasteiger partial charge on any atom is 0.573 e. The Morgan fingerprint density at radius 2 is 1.71 bits per heavy atom. The zero-order chi connectivity index (χ0) is 25.4. The van der Waals surface area contributed by atoms with Crippen LogP contribution in [0.3, 0.4) is 0 Å². The average molecular weight is 522 g/mol. The first-order chi connectivity index (χ1) is 16.5. The molecule has 0 aliphatic rings. The summed E-state index contributed by atoms with van der Waals surface area (Å²) >= 11 is 1.34. The van der Waals surface area contributed by atoms with Crippen molar-refractivity contribution in [2.45, 2.75) is 24.7 Å². The zero-order valence-corrected chi connectivity index (χ0v) is 20.7. The van der Waals surface area contributed by atoms with Crippen LogP contribution in [0.15, 0.2) is 71.9 Å². The maximum absolute atomic E-state index is 14.0. The Hall–Kier alpha value is -3.31. The van der Waals surface area contributed by atoms with Crippen LogP contribution in [-0.2, 0) is 16.6 Å². The molecule has 6 nitrogen and oxygen atoms in total. The largest absolute Gasteiger partial charge is 0.573 e. The Labute approximate surface area is 205 Å². The van der Waals surface area contributed by atoms with Crippen LogP contribution in [0.25, 0.3) is 10.1 Å². The molecule has 11 heteroatoms. The van der Waals surface area contributed by atoms with E-state index in [1.165, 1.54) is 52.3 Å². The minimum atomic E-state index is -4.81. The summed E-state index contributed by atoms with van der Waals surface area (Å²) in [5.74, 6) is -0.379. The van der Waals surface area contributed by atoms with E-state index >= 15 is 0 Å². The molecule has 0 saturated carbocycles. The van der Waals surface area contributed by atoms with Gasteiger partial charge in [-0.1, -0.05) is 30.3 Å². The molecule has 0 aliphatic heterocycles. The molecule has 0 unspecified atom stereocenters. The molecule has 184 valence electrons. The Balaban J connectivity index is 1.83. The molecule has 0 radical (unpaired) electrons. The molecular formula is C24H22F3N3O3S2. The molecule has 0 N–H and O–H groups in total. The second-order valence-electron chi connectivity index (χ2n) is 7.97. The molecule has 4 aromatic rings. The van der Waals surface area contributed by atoms with E-state index in [0.29, 0.717) is 16.3 Å². The summed E-state index contributed by atoms with van der Waals surface area (Å²) < 4.78 is 71.9. The maximum atomic E-state index is 14.0. The van der Waals surface area contributed by atoms with Gasteiger partial charge < -0.3 is 9.64 Å². The van der Waals surface area contributed by atoms with Crippen molar-refractivity contribution < 1.29 is 26.3 Å². The predicted octanol–water partition coefficient (Wildman–Crippen LogP) is 5.96. The summed E-state index contributed by atoms with van der Waals surface area (Å²) in [6.07, 6.45) is -1.99. The van der Waals surface area contributed by atoms with Gasteiger partial charge in [-0.2, -0.15) is 0 Å². The minimum absolute atomic E-state index is 0.0267. The number of thiophene rings is 1. The van der Waals surface area contributed by atoms with E-state index in [1.807, 2.05) is 31.2 Å². The molecule has 0 spiro atoms. The molecule has 0 atom stereocenters. The quantitative estimate of drug-likeness (QED) is 0.300. The first-order valence-corrected chi connectivity index (χ1v) is 12.7. The van der Waals surface area contributed by atoms with E-state index in [4.69, 9.17) is 0 Å². The summed E-state index contributed by atoms with van der Waals surface area (Å²) in [6.45, 7) is 1.76. The highest BCUT2D eigenvalue weighted by molar-refractivity contribution is 7.93. The van der Waals surface area contributed by atoms with Crippen LogP contribution >= 0.6 is 11.3 Å². The number of ether oxygens (including phenoxy) is 1. The van der Waals surface area contributed by atoms with Gasteiger partial charge in [0, 0.05) is 31.2 Å². The van der Waals surface area contributed by atoms with Crippen molar-refractivity contribution in [1.29, 1.82) is 0 Å². The van der Waals surface area contributed by atoms with Crippen LogP contribution in [0, 0.1) is 6.92 Å². The van der Waals surface area contributed by atoms with E-state index in [9.17, 15) is 21.6 Å². The predicted molar refractivity (Wildman–Crippen MR) is 132 cm³/mol. The fourth-order valence-corrected chi connectivity index (χ4v) is 6.83. The minimum Gasteiger partial charge on any atom is -0.406 e. The van der Waals surface area contributed by atoms with E-state index in [-0.39, 0.29) is 17.2 Å². The smallest absolute Gasteiger partial charge is 0.406 e. The van der Waals surface area contributed by atoms with Gasteiger partial charge in [-0.15, -0.1) is 24.5 Å². The summed E-state index contributed by atoms with van der Waals surface area (Å²) in [7, 11) is -0.631. The van der Waals surface area contributed by atoms with E-state index in [1.54, 1.807) is 25.1 Å². The molecule has 0 aliphatic carbocycles. The van der Waals surface area contributed by atoms with Crippen molar-refractivity contribution in [3.05, 3.63) is 78.1 Å². The highest BCUT2D eigenvalue weighted by atomic mass is 32.2. The fourth-order valence-electron chi connectivity index (χ4n) is 3.69. The number of sulfonamides is 1. The van der Waals surface area contributed by atoms with Crippen molar-refractivity contribution in [3.63, 3.8) is 0 Å². The standard InChI is InChI=1S/C24H22F3N3O3S2/c1-16-19-6-4-5-7-21(19)34-23(16)30(15-17-8-10-18(11-9-17)33-24(25,26)27)35(31,32)22-14-28-13-12-20(22)29(2)3/h4-14H,15H2,1-3H3. The lowest BCUT2D eigenvalue weighted by molar-refractivity contribution is -0.274. The number of aromatic nitrogens is 1. The summed E-state index contributed by atoms with van der Waals surface area (Å²) in [5.41, 5.74) is 1.76. The van der Waals surface area contributed by atoms with Crippen molar-refractivity contribution >= 4 is 42.1 Å². The zero-order valence-electron chi connectivity index (χ0n) is 19.1. The van der Waals surface area contributed by atoms with Gasteiger partial charge in [0.05, 0.1) is 12.2 Å². The lowest BCUT2D eigenvalue weighted by Crippen LogP contribution is -2.31. The molecule has 35 heavy (non-hydrogen) atoms. The number of aryl methyl sites for hydroxylation is 1. The second-order valence-corrected chi connectivity index (χ2v) is 10.8. The Kier molecular flexibility index (Phi) is 6.65. The number of halogens is 3. The Bertz CT molecular complexity index is 1450. The van der Waals surface area contributed by atoms with Gasteiger partial charge in [0.15, 0.2) is 0 Å². The lowest BCUT2D eigenvalue weighted by atomic mass is 10.2. The van der Waals surface area contributed by atoms with Crippen LogP contribution in [0.2, 0.25) is 0 Å². The normalized spacial score (nSPS) is 12.1. The topological polar surface area (TPSA) is 62.7 Å². The fraction of sp³-hybridized carbons (Fsp3) is 0.208. The number of anilines is 2. The number of nitrogens with zero attached hydrogens (tertiary/aromatic N) is 3. The molecule has 0 bridgehead atoms. The van der Waals surface area contributed by atoms with Gasteiger partial charge in [0.2, 0.25) is 0 Å².